The second-order valence-electron chi connectivity index (χ2n) is 7.90. The predicted molar refractivity (Wildman–Crippen MR) is 117 cm³/mol. The van der Waals surface area contributed by atoms with Crippen LogP contribution in [0.1, 0.15) is 53.9 Å². The first kappa shape index (κ1) is 22.7. The molecule has 3 aromatic rings. The second kappa shape index (κ2) is 9.86. The number of aromatic nitrogens is 2. The summed E-state index contributed by atoms with van der Waals surface area (Å²) in [6.07, 6.45) is 1.57. The van der Waals surface area contributed by atoms with E-state index in [1.807, 2.05) is 38.6 Å². The lowest BCUT2D eigenvalue weighted by atomic mass is 10.00. The number of hydrogen-bond acceptors (Lipinski definition) is 2. The molecule has 164 valence electrons. The van der Waals surface area contributed by atoms with E-state index in [4.69, 9.17) is 0 Å². The van der Waals surface area contributed by atoms with E-state index in [1.54, 1.807) is 23.1 Å². The molecule has 0 saturated heterocycles. The zero-order valence-electron chi connectivity index (χ0n) is 18.5. The van der Waals surface area contributed by atoms with Crippen molar-refractivity contribution >= 4 is 5.91 Å². The molecule has 0 fully saturated rings. The van der Waals surface area contributed by atoms with Crippen LogP contribution < -0.4 is 0 Å². The zero-order valence-corrected chi connectivity index (χ0v) is 18.5. The predicted octanol–water partition coefficient (Wildman–Crippen LogP) is 5.43. The van der Waals surface area contributed by atoms with Gasteiger partial charge in [0.25, 0.3) is 0 Å². The molecule has 0 aliphatic heterocycles. The maximum atomic E-state index is 13.8. The summed E-state index contributed by atoms with van der Waals surface area (Å²) in [5.74, 6) is -0.673. The molecule has 1 atom stereocenters. The molecule has 0 N–H and O–H groups in total. The molecule has 0 aliphatic carbocycles. The average Bonchev–Trinajstić information content (AvgIpc) is 2.98. The standard InChI is InChI=1S/C25H29F2N3O/c1-5-24(20-9-11-21(26)12-10-20)30(16-19-7-6-8-22(27)15-19)25(31)14-13-23-17(2)28-29(4)18(23)3/h6-12,15,24H,5,13-14,16H2,1-4H3. The van der Waals surface area contributed by atoms with Gasteiger partial charge in [-0.05, 0) is 67.6 Å². The van der Waals surface area contributed by atoms with E-state index >= 15 is 0 Å². The van der Waals surface area contributed by atoms with Crippen molar-refractivity contribution < 1.29 is 13.6 Å². The number of halogens is 2. The van der Waals surface area contributed by atoms with E-state index in [0.29, 0.717) is 19.3 Å². The molecule has 0 bridgehead atoms. The third-order valence-corrected chi connectivity index (χ3v) is 5.83. The highest BCUT2D eigenvalue weighted by Gasteiger charge is 2.25. The Kier molecular flexibility index (Phi) is 7.21. The highest BCUT2D eigenvalue weighted by Crippen LogP contribution is 2.28. The molecule has 4 nitrogen and oxygen atoms in total. The van der Waals surface area contributed by atoms with Gasteiger partial charge in [-0.3, -0.25) is 9.48 Å². The Balaban J connectivity index is 1.88. The second-order valence-corrected chi connectivity index (χ2v) is 7.90. The monoisotopic (exact) mass is 425 g/mol. The number of carbonyl (C=O) groups excluding carboxylic acids is 1. The third kappa shape index (κ3) is 5.37. The molecule has 2 aromatic carbocycles. The fraction of sp³-hybridized carbons (Fsp3) is 0.360. The van der Waals surface area contributed by atoms with Gasteiger partial charge in [0.1, 0.15) is 11.6 Å². The summed E-state index contributed by atoms with van der Waals surface area (Å²) in [6.45, 7) is 6.23. The molecule has 1 aromatic heterocycles. The smallest absolute Gasteiger partial charge is 0.223 e. The largest absolute Gasteiger partial charge is 0.331 e. The van der Waals surface area contributed by atoms with Crippen LogP contribution in [0.2, 0.25) is 0 Å². The molecule has 6 heteroatoms. The van der Waals surface area contributed by atoms with Gasteiger partial charge in [0.15, 0.2) is 0 Å². The number of aryl methyl sites for hydroxylation is 2. The average molecular weight is 426 g/mol. The summed E-state index contributed by atoms with van der Waals surface area (Å²) in [6, 6.07) is 12.3. The van der Waals surface area contributed by atoms with Crippen molar-refractivity contribution in [3.8, 4) is 0 Å². The molecule has 0 saturated carbocycles. The van der Waals surface area contributed by atoms with Crippen molar-refractivity contribution in [2.75, 3.05) is 0 Å². The lowest BCUT2D eigenvalue weighted by Crippen LogP contribution is -2.34. The Labute approximate surface area is 182 Å². The molecule has 0 aliphatic rings. The maximum absolute atomic E-state index is 13.8. The maximum Gasteiger partial charge on any atom is 0.223 e. The van der Waals surface area contributed by atoms with Crippen LogP contribution in [0.15, 0.2) is 48.5 Å². The van der Waals surface area contributed by atoms with Crippen LogP contribution in [-0.4, -0.2) is 20.6 Å². The van der Waals surface area contributed by atoms with Crippen LogP contribution >= 0.6 is 0 Å². The lowest BCUT2D eigenvalue weighted by molar-refractivity contribution is -0.134. The van der Waals surface area contributed by atoms with Crippen molar-refractivity contribution in [1.29, 1.82) is 0 Å². The van der Waals surface area contributed by atoms with Crippen LogP contribution in [0.4, 0.5) is 8.78 Å². The quantitative estimate of drug-likeness (QED) is 0.483. The van der Waals surface area contributed by atoms with Gasteiger partial charge in [0.05, 0.1) is 11.7 Å². The van der Waals surface area contributed by atoms with Crippen LogP contribution in [-0.2, 0) is 24.8 Å². The minimum Gasteiger partial charge on any atom is -0.331 e. The van der Waals surface area contributed by atoms with E-state index in [-0.39, 0.29) is 30.1 Å². The summed E-state index contributed by atoms with van der Waals surface area (Å²) < 4.78 is 29.1. The van der Waals surface area contributed by atoms with Gasteiger partial charge in [-0.15, -0.1) is 0 Å². The Morgan fingerprint density at radius 3 is 2.39 bits per heavy atom. The first-order valence-electron chi connectivity index (χ1n) is 10.6. The number of amides is 1. The SMILES string of the molecule is CCC(c1ccc(F)cc1)N(Cc1cccc(F)c1)C(=O)CCc1c(C)nn(C)c1C. The summed E-state index contributed by atoms with van der Waals surface area (Å²) in [4.78, 5) is 15.2. The van der Waals surface area contributed by atoms with Gasteiger partial charge in [-0.2, -0.15) is 5.10 Å². The number of hydrogen-bond donors (Lipinski definition) is 0. The Morgan fingerprint density at radius 2 is 1.81 bits per heavy atom. The van der Waals surface area contributed by atoms with Gasteiger partial charge >= 0.3 is 0 Å². The molecule has 31 heavy (non-hydrogen) atoms. The first-order chi connectivity index (χ1) is 14.8. The topological polar surface area (TPSA) is 38.1 Å². The molecule has 3 rings (SSSR count). The summed E-state index contributed by atoms with van der Waals surface area (Å²) >= 11 is 0. The summed E-state index contributed by atoms with van der Waals surface area (Å²) in [5, 5.41) is 4.43. The van der Waals surface area contributed by atoms with Gasteiger partial charge in [-0.1, -0.05) is 31.2 Å². The van der Waals surface area contributed by atoms with E-state index in [2.05, 4.69) is 5.10 Å². The number of carbonyl (C=O) groups is 1. The lowest BCUT2D eigenvalue weighted by Gasteiger charge is -2.32. The molecule has 1 amide bonds. The summed E-state index contributed by atoms with van der Waals surface area (Å²) in [7, 11) is 1.89. The highest BCUT2D eigenvalue weighted by molar-refractivity contribution is 5.77. The minimum absolute atomic E-state index is 0.0249. The fourth-order valence-corrected chi connectivity index (χ4v) is 4.08. The van der Waals surface area contributed by atoms with E-state index in [1.165, 1.54) is 24.3 Å². The normalized spacial score (nSPS) is 12.1. The minimum atomic E-state index is -0.332. The van der Waals surface area contributed by atoms with Crippen LogP contribution in [0.3, 0.4) is 0 Å². The third-order valence-electron chi connectivity index (χ3n) is 5.83. The van der Waals surface area contributed by atoms with E-state index in [0.717, 1.165) is 28.1 Å². The van der Waals surface area contributed by atoms with Gasteiger partial charge in [0.2, 0.25) is 5.91 Å². The Bertz CT molecular complexity index is 1040. The number of benzene rings is 2. The van der Waals surface area contributed by atoms with Crippen molar-refractivity contribution in [3.63, 3.8) is 0 Å². The van der Waals surface area contributed by atoms with Crippen LogP contribution in [0, 0.1) is 25.5 Å². The molecule has 1 heterocycles. The van der Waals surface area contributed by atoms with Crippen molar-refractivity contribution in [1.82, 2.24) is 14.7 Å². The van der Waals surface area contributed by atoms with E-state index in [9.17, 15) is 13.6 Å². The van der Waals surface area contributed by atoms with Crippen molar-refractivity contribution in [2.24, 2.45) is 7.05 Å². The molecule has 0 radical (unpaired) electrons. The first-order valence-corrected chi connectivity index (χ1v) is 10.6. The summed E-state index contributed by atoms with van der Waals surface area (Å²) in [5.41, 5.74) is 4.64. The van der Waals surface area contributed by atoms with Gasteiger partial charge < -0.3 is 4.90 Å². The van der Waals surface area contributed by atoms with Crippen molar-refractivity contribution in [3.05, 3.63) is 88.2 Å². The molecular weight excluding hydrogens is 396 g/mol. The van der Waals surface area contributed by atoms with Crippen molar-refractivity contribution in [2.45, 2.75) is 52.6 Å². The van der Waals surface area contributed by atoms with Crippen LogP contribution in [0.5, 0.6) is 0 Å². The Morgan fingerprint density at radius 1 is 1.10 bits per heavy atom. The number of rotatable bonds is 8. The zero-order chi connectivity index (χ0) is 22.5. The van der Waals surface area contributed by atoms with Crippen LogP contribution in [0.25, 0.3) is 0 Å². The van der Waals surface area contributed by atoms with Gasteiger partial charge in [0, 0.05) is 25.7 Å². The fourth-order valence-electron chi connectivity index (χ4n) is 4.08. The Hall–Kier alpha value is -3.02. The molecule has 0 spiro atoms. The highest BCUT2D eigenvalue weighted by atomic mass is 19.1. The molecule has 1 unspecified atom stereocenters. The van der Waals surface area contributed by atoms with E-state index < -0.39 is 0 Å². The number of nitrogens with zero attached hydrogens (tertiary/aromatic N) is 3. The molecular formula is C25H29F2N3O. The van der Waals surface area contributed by atoms with Gasteiger partial charge in [-0.25, -0.2) is 8.78 Å².